The average molecular weight is 441 g/mol. The Balaban J connectivity index is 1.74. The molecule has 0 radical (unpaired) electrons. The molecule has 150 valence electrons. The molecule has 1 fully saturated rings. The van der Waals surface area contributed by atoms with Crippen LogP contribution in [0.5, 0.6) is 0 Å². The van der Waals surface area contributed by atoms with Crippen molar-refractivity contribution in [3.8, 4) is 0 Å². The molecule has 0 N–H and O–H groups in total. The number of amides is 1. The molecular weight excluding hydrogens is 419 g/mol. The van der Waals surface area contributed by atoms with Gasteiger partial charge in [0.1, 0.15) is 4.90 Å². The number of rotatable bonds is 5. The third kappa shape index (κ3) is 4.69. The molecule has 2 aromatic carbocycles. The van der Waals surface area contributed by atoms with Gasteiger partial charge in [-0.05, 0) is 36.6 Å². The van der Waals surface area contributed by atoms with Gasteiger partial charge in [-0.1, -0.05) is 53.5 Å². The molecule has 2 aromatic rings. The smallest absolute Gasteiger partial charge is 0.244 e. The first kappa shape index (κ1) is 21.1. The molecule has 8 heteroatoms. The van der Waals surface area contributed by atoms with E-state index >= 15 is 0 Å². The van der Waals surface area contributed by atoms with E-state index in [1.165, 1.54) is 16.4 Å². The molecule has 0 bridgehead atoms. The molecule has 5 nitrogen and oxygen atoms in total. The van der Waals surface area contributed by atoms with E-state index in [-0.39, 0.29) is 28.3 Å². The number of hydrogen-bond donors (Lipinski definition) is 0. The quantitative estimate of drug-likeness (QED) is 0.704. The van der Waals surface area contributed by atoms with Crippen molar-refractivity contribution in [3.05, 3.63) is 64.1 Å². The van der Waals surface area contributed by atoms with Gasteiger partial charge in [0.05, 0.1) is 10.9 Å². The van der Waals surface area contributed by atoms with Crippen LogP contribution in [-0.4, -0.2) is 43.7 Å². The minimum absolute atomic E-state index is 0.0209. The lowest BCUT2D eigenvalue weighted by Gasteiger charge is -2.33. The number of carbonyl (C=O) groups is 1. The molecule has 1 aliphatic rings. The van der Waals surface area contributed by atoms with Gasteiger partial charge < -0.3 is 4.90 Å². The summed E-state index contributed by atoms with van der Waals surface area (Å²) in [5.74, 6) is -0.434. The average Bonchev–Trinajstić information content (AvgIpc) is 2.70. The van der Waals surface area contributed by atoms with Crippen molar-refractivity contribution in [1.29, 1.82) is 0 Å². The van der Waals surface area contributed by atoms with Gasteiger partial charge in [-0.15, -0.1) is 0 Å². The lowest BCUT2D eigenvalue weighted by atomic mass is 9.98. The number of halogens is 2. The third-order valence-electron chi connectivity index (χ3n) is 4.88. The predicted molar refractivity (Wildman–Crippen MR) is 111 cm³/mol. The molecule has 1 heterocycles. The summed E-state index contributed by atoms with van der Waals surface area (Å²) in [6, 6.07) is 14.1. The van der Waals surface area contributed by atoms with Crippen LogP contribution in [0.15, 0.2) is 53.4 Å². The Bertz CT molecular complexity index is 951. The first-order chi connectivity index (χ1) is 13.3. The van der Waals surface area contributed by atoms with Crippen LogP contribution in [0.1, 0.15) is 18.4 Å². The second-order valence-corrected chi connectivity index (χ2v) is 9.71. The lowest BCUT2D eigenvalue weighted by Crippen LogP contribution is -2.45. The van der Waals surface area contributed by atoms with Crippen LogP contribution in [0.3, 0.4) is 0 Å². The fourth-order valence-electron chi connectivity index (χ4n) is 3.42. The van der Waals surface area contributed by atoms with Crippen LogP contribution in [0.2, 0.25) is 10.0 Å². The fourth-order valence-corrected chi connectivity index (χ4v) is 5.68. The Kier molecular flexibility index (Phi) is 6.65. The van der Waals surface area contributed by atoms with Gasteiger partial charge in [0, 0.05) is 31.7 Å². The van der Waals surface area contributed by atoms with Gasteiger partial charge in [0.25, 0.3) is 0 Å². The van der Waals surface area contributed by atoms with E-state index in [1.807, 2.05) is 30.3 Å². The van der Waals surface area contributed by atoms with E-state index < -0.39 is 10.0 Å². The van der Waals surface area contributed by atoms with Crippen LogP contribution in [0, 0.1) is 5.92 Å². The Labute approximate surface area is 175 Å². The Morgan fingerprint density at radius 3 is 2.61 bits per heavy atom. The third-order valence-corrected chi connectivity index (χ3v) is 7.47. The number of hydrogen-bond acceptors (Lipinski definition) is 3. The zero-order valence-corrected chi connectivity index (χ0v) is 17.8. The maximum Gasteiger partial charge on any atom is 0.244 e. The Morgan fingerprint density at radius 1 is 1.18 bits per heavy atom. The summed E-state index contributed by atoms with van der Waals surface area (Å²) in [5, 5.41) is 0.425. The molecule has 28 heavy (non-hydrogen) atoms. The number of piperidine rings is 1. The summed E-state index contributed by atoms with van der Waals surface area (Å²) in [6.45, 7) is 0.990. The van der Waals surface area contributed by atoms with Crippen molar-refractivity contribution in [2.45, 2.75) is 24.3 Å². The summed E-state index contributed by atoms with van der Waals surface area (Å²) < 4.78 is 27.4. The maximum absolute atomic E-state index is 13.0. The largest absolute Gasteiger partial charge is 0.341 e. The van der Waals surface area contributed by atoms with E-state index in [0.717, 1.165) is 5.56 Å². The van der Waals surface area contributed by atoms with Gasteiger partial charge in [-0.3, -0.25) is 4.79 Å². The number of carbonyl (C=O) groups excluding carboxylic acids is 1. The van der Waals surface area contributed by atoms with Crippen LogP contribution < -0.4 is 0 Å². The SMILES string of the molecule is CN(Cc1ccccc1)C(=O)[C@H]1CCCN(S(=O)(=O)c2cc(Cl)ccc2Cl)C1. The van der Waals surface area contributed by atoms with Crippen molar-refractivity contribution in [3.63, 3.8) is 0 Å². The molecule has 1 atom stereocenters. The van der Waals surface area contributed by atoms with E-state index in [9.17, 15) is 13.2 Å². The van der Waals surface area contributed by atoms with Crippen molar-refractivity contribution in [2.75, 3.05) is 20.1 Å². The van der Waals surface area contributed by atoms with Gasteiger partial charge >= 0.3 is 0 Å². The molecule has 1 amide bonds. The van der Waals surface area contributed by atoms with E-state index in [2.05, 4.69) is 0 Å². The van der Waals surface area contributed by atoms with E-state index in [1.54, 1.807) is 18.0 Å². The maximum atomic E-state index is 13.0. The first-order valence-corrected chi connectivity index (χ1v) is 11.2. The van der Waals surface area contributed by atoms with Crippen LogP contribution >= 0.6 is 23.2 Å². The zero-order chi connectivity index (χ0) is 20.3. The molecule has 1 saturated heterocycles. The second kappa shape index (κ2) is 8.82. The molecule has 1 aliphatic heterocycles. The van der Waals surface area contributed by atoms with Crippen LogP contribution in [0.25, 0.3) is 0 Å². The van der Waals surface area contributed by atoms with Crippen molar-refractivity contribution >= 4 is 39.1 Å². The molecule has 0 aliphatic carbocycles. The molecule has 0 spiro atoms. The molecule has 0 aromatic heterocycles. The molecule has 3 rings (SSSR count). The molecule has 0 saturated carbocycles. The summed E-state index contributed by atoms with van der Waals surface area (Å²) in [4.78, 5) is 14.5. The highest BCUT2D eigenvalue weighted by Crippen LogP contribution is 2.30. The van der Waals surface area contributed by atoms with Crippen molar-refractivity contribution in [1.82, 2.24) is 9.21 Å². The number of sulfonamides is 1. The summed E-state index contributed by atoms with van der Waals surface area (Å²) in [7, 11) is -2.07. The molecule has 0 unspecified atom stereocenters. The van der Waals surface area contributed by atoms with E-state index in [0.29, 0.717) is 31.0 Å². The fraction of sp³-hybridized carbons (Fsp3) is 0.350. The monoisotopic (exact) mass is 440 g/mol. The standard InChI is InChI=1S/C20H22Cl2N2O3S/c1-23(13-15-6-3-2-4-7-15)20(25)16-8-5-11-24(14-16)28(26,27)19-12-17(21)9-10-18(19)22/h2-4,6-7,9-10,12,16H,5,8,11,13-14H2,1H3/t16-/m0/s1. The number of benzene rings is 2. The van der Waals surface area contributed by atoms with Gasteiger partial charge in [0.15, 0.2) is 0 Å². The van der Waals surface area contributed by atoms with Crippen molar-refractivity contribution in [2.24, 2.45) is 5.92 Å². The Hall–Kier alpha value is -1.60. The van der Waals surface area contributed by atoms with E-state index in [4.69, 9.17) is 23.2 Å². The number of nitrogens with zero attached hydrogens (tertiary/aromatic N) is 2. The lowest BCUT2D eigenvalue weighted by molar-refractivity contribution is -0.135. The van der Waals surface area contributed by atoms with Crippen molar-refractivity contribution < 1.29 is 13.2 Å². The topological polar surface area (TPSA) is 57.7 Å². The normalized spacial score (nSPS) is 18.0. The minimum atomic E-state index is -3.82. The zero-order valence-electron chi connectivity index (χ0n) is 15.5. The molecular formula is C20H22Cl2N2O3S. The summed E-state index contributed by atoms with van der Waals surface area (Å²) in [5.41, 5.74) is 1.03. The summed E-state index contributed by atoms with van der Waals surface area (Å²) >= 11 is 12.1. The van der Waals surface area contributed by atoms with Gasteiger partial charge in [-0.25, -0.2) is 8.42 Å². The highest BCUT2D eigenvalue weighted by molar-refractivity contribution is 7.89. The van der Waals surface area contributed by atoms with Gasteiger partial charge in [0.2, 0.25) is 15.9 Å². The second-order valence-electron chi connectivity index (χ2n) is 6.96. The van der Waals surface area contributed by atoms with Crippen LogP contribution in [-0.2, 0) is 21.4 Å². The predicted octanol–water partition coefficient (Wildman–Crippen LogP) is 4.05. The highest BCUT2D eigenvalue weighted by atomic mass is 35.5. The van der Waals surface area contributed by atoms with Crippen LogP contribution in [0.4, 0.5) is 0 Å². The minimum Gasteiger partial charge on any atom is -0.341 e. The summed E-state index contributed by atoms with van der Waals surface area (Å²) in [6.07, 6.45) is 1.28. The highest BCUT2D eigenvalue weighted by Gasteiger charge is 2.35. The first-order valence-electron chi connectivity index (χ1n) is 9.03. The Morgan fingerprint density at radius 2 is 1.89 bits per heavy atom. The van der Waals surface area contributed by atoms with Gasteiger partial charge in [-0.2, -0.15) is 4.31 Å².